The molecule has 4 rings (SSSR count). The third-order valence-corrected chi connectivity index (χ3v) is 4.66. The fourth-order valence-corrected chi connectivity index (χ4v) is 3.53. The lowest BCUT2D eigenvalue weighted by atomic mass is 9.86. The van der Waals surface area contributed by atoms with Crippen LogP contribution in [0.2, 0.25) is 5.02 Å². The zero-order valence-corrected chi connectivity index (χ0v) is 13.1. The number of hydrogen-bond donors (Lipinski definition) is 1. The Bertz CT molecular complexity index is 858. The fourth-order valence-electron chi connectivity index (χ4n) is 3.28. The quantitative estimate of drug-likeness (QED) is 0.867. The van der Waals surface area contributed by atoms with Gasteiger partial charge in [-0.3, -0.25) is 0 Å². The van der Waals surface area contributed by atoms with E-state index in [-0.39, 0.29) is 12.6 Å². The number of nitriles is 1. The number of hydrogen-bond acceptors (Lipinski definition) is 5. The number of aromatic nitrogens is 1. The molecule has 6 heteroatoms. The van der Waals surface area contributed by atoms with Crippen LogP contribution in [0.15, 0.2) is 12.1 Å². The summed E-state index contributed by atoms with van der Waals surface area (Å²) in [6.45, 7) is 0.177. The van der Waals surface area contributed by atoms with Gasteiger partial charge < -0.3 is 15.2 Å². The number of nitrogens with zero attached hydrogens (tertiary/aromatic N) is 2. The van der Waals surface area contributed by atoms with Crippen LogP contribution >= 0.6 is 11.6 Å². The molecule has 2 aliphatic rings. The summed E-state index contributed by atoms with van der Waals surface area (Å²) >= 11 is 6.46. The summed E-state index contributed by atoms with van der Waals surface area (Å²) in [7, 11) is 0. The van der Waals surface area contributed by atoms with Crippen molar-refractivity contribution in [2.24, 2.45) is 0 Å². The largest absolute Gasteiger partial charge is 0.454 e. The Morgan fingerprint density at radius 3 is 2.70 bits per heavy atom. The molecule has 2 aromatic rings. The lowest BCUT2D eigenvalue weighted by Crippen LogP contribution is -2.12. The number of aryl methyl sites for hydroxylation is 1. The number of halogens is 1. The molecule has 0 unspecified atom stereocenters. The summed E-state index contributed by atoms with van der Waals surface area (Å²) in [5.74, 6) is 1.51. The summed E-state index contributed by atoms with van der Waals surface area (Å²) in [5, 5.41) is 10.1. The molecule has 1 aliphatic heterocycles. The Kier molecular flexibility index (Phi) is 3.28. The molecule has 0 radical (unpaired) electrons. The van der Waals surface area contributed by atoms with Crippen molar-refractivity contribution in [1.29, 1.82) is 5.26 Å². The van der Waals surface area contributed by atoms with Gasteiger partial charge in [0.05, 0.1) is 5.02 Å². The Morgan fingerprint density at radius 1 is 1.17 bits per heavy atom. The van der Waals surface area contributed by atoms with Gasteiger partial charge in [0.1, 0.15) is 17.5 Å². The van der Waals surface area contributed by atoms with E-state index in [1.807, 2.05) is 6.07 Å². The number of pyridine rings is 1. The first kappa shape index (κ1) is 14.2. The fraction of sp³-hybridized carbons (Fsp3) is 0.294. The highest BCUT2D eigenvalue weighted by molar-refractivity contribution is 6.33. The van der Waals surface area contributed by atoms with Crippen molar-refractivity contribution >= 4 is 17.4 Å². The van der Waals surface area contributed by atoms with Crippen LogP contribution in [0.25, 0.3) is 11.1 Å². The van der Waals surface area contributed by atoms with Gasteiger partial charge in [0.25, 0.3) is 0 Å². The van der Waals surface area contributed by atoms with Gasteiger partial charge in [-0.05, 0) is 37.3 Å². The summed E-state index contributed by atoms with van der Waals surface area (Å²) < 4.78 is 10.8. The van der Waals surface area contributed by atoms with E-state index in [0.717, 1.165) is 48.1 Å². The summed E-state index contributed by atoms with van der Waals surface area (Å²) in [6, 6.07) is 5.75. The van der Waals surface area contributed by atoms with Gasteiger partial charge in [0.2, 0.25) is 6.79 Å². The molecule has 1 aliphatic carbocycles. The monoisotopic (exact) mass is 327 g/mol. The maximum Gasteiger partial charge on any atom is 0.231 e. The number of nitrogens with two attached hydrogens (primary N) is 1. The van der Waals surface area contributed by atoms with Crippen molar-refractivity contribution in [2.75, 3.05) is 12.5 Å². The Hall–Kier alpha value is -2.45. The normalized spacial score (nSPS) is 15.1. The van der Waals surface area contributed by atoms with Crippen LogP contribution in [0, 0.1) is 11.3 Å². The minimum absolute atomic E-state index is 0.177. The Morgan fingerprint density at radius 2 is 1.91 bits per heavy atom. The van der Waals surface area contributed by atoms with E-state index in [2.05, 4.69) is 11.1 Å². The number of fused-ring (bicyclic) bond motifs is 2. The van der Waals surface area contributed by atoms with Crippen LogP contribution < -0.4 is 15.2 Å². The summed E-state index contributed by atoms with van der Waals surface area (Å²) in [5.41, 5.74) is 9.99. The van der Waals surface area contributed by atoms with Gasteiger partial charge in [-0.15, -0.1) is 0 Å². The number of benzene rings is 1. The Balaban J connectivity index is 2.02. The van der Waals surface area contributed by atoms with Gasteiger partial charge in [-0.1, -0.05) is 11.6 Å². The second kappa shape index (κ2) is 5.32. The third kappa shape index (κ3) is 2.18. The van der Waals surface area contributed by atoms with Gasteiger partial charge in [0, 0.05) is 22.9 Å². The smallest absolute Gasteiger partial charge is 0.231 e. The molecule has 23 heavy (non-hydrogen) atoms. The van der Waals surface area contributed by atoms with Crippen molar-refractivity contribution in [3.63, 3.8) is 0 Å². The third-order valence-electron chi connectivity index (χ3n) is 4.35. The van der Waals surface area contributed by atoms with Crippen LogP contribution in [0.5, 0.6) is 11.5 Å². The summed E-state index contributed by atoms with van der Waals surface area (Å²) in [4.78, 5) is 4.43. The van der Waals surface area contributed by atoms with E-state index in [1.54, 1.807) is 6.07 Å². The number of ether oxygens (including phenoxy) is 2. The lowest BCUT2D eigenvalue weighted by molar-refractivity contribution is 0.174. The molecule has 0 fully saturated rings. The van der Waals surface area contributed by atoms with Crippen molar-refractivity contribution < 1.29 is 9.47 Å². The zero-order valence-electron chi connectivity index (χ0n) is 12.4. The van der Waals surface area contributed by atoms with Crippen molar-refractivity contribution in [2.45, 2.75) is 25.7 Å². The zero-order chi connectivity index (χ0) is 16.0. The van der Waals surface area contributed by atoms with Gasteiger partial charge in [-0.2, -0.15) is 5.26 Å². The average molecular weight is 328 g/mol. The van der Waals surface area contributed by atoms with Gasteiger partial charge in [-0.25, -0.2) is 4.98 Å². The van der Waals surface area contributed by atoms with E-state index >= 15 is 0 Å². The van der Waals surface area contributed by atoms with Crippen LogP contribution in [0.3, 0.4) is 0 Å². The van der Waals surface area contributed by atoms with E-state index in [1.165, 1.54) is 0 Å². The predicted molar refractivity (Wildman–Crippen MR) is 86.6 cm³/mol. The molecule has 0 amide bonds. The average Bonchev–Trinajstić information content (AvgIpc) is 3.00. The topological polar surface area (TPSA) is 81.2 Å². The van der Waals surface area contributed by atoms with Crippen LogP contribution in [-0.4, -0.2) is 11.8 Å². The number of nitrogen functional groups attached to an aromatic ring is 1. The molecular weight excluding hydrogens is 314 g/mol. The molecule has 1 aromatic carbocycles. The number of anilines is 1. The van der Waals surface area contributed by atoms with E-state index in [4.69, 9.17) is 26.8 Å². The molecule has 2 heterocycles. The van der Waals surface area contributed by atoms with E-state index < -0.39 is 0 Å². The maximum atomic E-state index is 9.58. The highest BCUT2D eigenvalue weighted by Gasteiger charge is 2.25. The van der Waals surface area contributed by atoms with Crippen molar-refractivity contribution in [3.8, 4) is 28.7 Å². The predicted octanol–water partition coefficient (Wildman–Crippen LogP) is 3.46. The highest BCUT2D eigenvalue weighted by Crippen LogP contribution is 2.44. The molecule has 5 nitrogen and oxygen atoms in total. The highest BCUT2D eigenvalue weighted by atomic mass is 35.5. The molecular formula is C17H14ClN3O2. The molecule has 0 spiro atoms. The van der Waals surface area contributed by atoms with Crippen LogP contribution in [0.4, 0.5) is 5.82 Å². The first-order valence-electron chi connectivity index (χ1n) is 7.50. The standard InChI is InChI=1S/C17H14ClN3O2/c18-12-6-15-14(22-8-23-15)5-10(12)16-9-3-1-2-4-13(9)21-17(20)11(16)7-19/h5-6H,1-4,8H2,(H2,20,21). The maximum absolute atomic E-state index is 9.58. The molecule has 0 bridgehead atoms. The molecule has 0 saturated heterocycles. The molecule has 0 atom stereocenters. The first-order valence-corrected chi connectivity index (χ1v) is 7.87. The minimum Gasteiger partial charge on any atom is -0.454 e. The lowest BCUT2D eigenvalue weighted by Gasteiger charge is -2.21. The molecule has 116 valence electrons. The molecule has 1 aromatic heterocycles. The second-order valence-electron chi connectivity index (χ2n) is 5.68. The Labute approximate surface area is 138 Å². The van der Waals surface area contributed by atoms with Crippen LogP contribution in [-0.2, 0) is 12.8 Å². The minimum atomic E-state index is 0.177. The SMILES string of the molecule is N#Cc1c(N)nc2c(c1-c1cc3c(cc1Cl)OCO3)CCCC2. The number of rotatable bonds is 1. The van der Waals surface area contributed by atoms with Crippen LogP contribution in [0.1, 0.15) is 29.7 Å². The van der Waals surface area contributed by atoms with Crippen molar-refractivity contribution in [1.82, 2.24) is 4.98 Å². The first-order chi connectivity index (χ1) is 11.2. The molecule has 0 saturated carbocycles. The summed E-state index contributed by atoms with van der Waals surface area (Å²) in [6.07, 6.45) is 3.90. The van der Waals surface area contributed by atoms with E-state index in [9.17, 15) is 5.26 Å². The van der Waals surface area contributed by atoms with Crippen molar-refractivity contribution in [3.05, 3.63) is 34.0 Å². The van der Waals surface area contributed by atoms with E-state index in [0.29, 0.717) is 22.1 Å². The molecule has 2 N–H and O–H groups in total. The van der Waals surface area contributed by atoms with Gasteiger partial charge in [0.15, 0.2) is 11.5 Å². The second-order valence-corrected chi connectivity index (χ2v) is 6.08. The van der Waals surface area contributed by atoms with Gasteiger partial charge >= 0.3 is 0 Å².